The average Bonchev–Trinajstić information content (AvgIpc) is 3.76. The zero-order valence-corrected chi connectivity index (χ0v) is 24.3. The van der Waals surface area contributed by atoms with Crippen LogP contribution in [-0.2, 0) is 0 Å². The summed E-state index contributed by atoms with van der Waals surface area (Å²) in [5.74, 6) is 0. The van der Waals surface area contributed by atoms with Gasteiger partial charge in [0.2, 0.25) is 0 Å². The molecule has 0 bridgehead atoms. The molecule has 45 heavy (non-hydrogen) atoms. The van der Waals surface area contributed by atoms with Gasteiger partial charge in [-0.2, -0.15) is 0 Å². The standard InChI is InChI=1S/C42H26N2O/c1-2-11-29(12-3-1)43-35-16-7-6-15-32(35)33-25-27(21-23-38(33)43)28-22-24-40-34(26-28)42-39(19-10-20-41(42)45-40)44-36-17-8-4-13-30(36)31-14-5-9-18-37(31)44/h1-26H. The van der Waals surface area contributed by atoms with Crippen molar-refractivity contribution in [3.8, 4) is 22.5 Å². The van der Waals surface area contributed by atoms with Crippen LogP contribution < -0.4 is 0 Å². The Labute approximate surface area is 258 Å². The minimum Gasteiger partial charge on any atom is -0.456 e. The third-order valence-electron chi connectivity index (χ3n) is 9.31. The summed E-state index contributed by atoms with van der Waals surface area (Å²) in [5.41, 5.74) is 11.2. The molecule has 0 fully saturated rings. The van der Waals surface area contributed by atoms with Crippen LogP contribution in [0.5, 0.6) is 0 Å². The second-order valence-electron chi connectivity index (χ2n) is 11.8. The Morgan fingerprint density at radius 2 is 0.911 bits per heavy atom. The van der Waals surface area contributed by atoms with E-state index < -0.39 is 0 Å². The number of aromatic nitrogens is 2. The summed E-state index contributed by atoms with van der Waals surface area (Å²) < 4.78 is 11.2. The molecule has 0 saturated heterocycles. The zero-order chi connectivity index (χ0) is 29.5. The van der Waals surface area contributed by atoms with Crippen LogP contribution in [0.1, 0.15) is 0 Å². The van der Waals surface area contributed by atoms with Crippen molar-refractivity contribution in [1.29, 1.82) is 0 Å². The smallest absolute Gasteiger partial charge is 0.137 e. The van der Waals surface area contributed by atoms with Crippen LogP contribution >= 0.6 is 0 Å². The van der Waals surface area contributed by atoms with Crippen LogP contribution in [-0.4, -0.2) is 9.13 Å². The van der Waals surface area contributed by atoms with Gasteiger partial charge in [-0.25, -0.2) is 0 Å². The normalized spacial score (nSPS) is 12.0. The van der Waals surface area contributed by atoms with Crippen LogP contribution in [0.3, 0.4) is 0 Å². The first-order chi connectivity index (χ1) is 22.3. The Morgan fingerprint density at radius 1 is 0.356 bits per heavy atom. The van der Waals surface area contributed by atoms with Crippen LogP contribution in [0.4, 0.5) is 0 Å². The number of furan rings is 1. The predicted octanol–water partition coefficient (Wildman–Crippen LogP) is 11.4. The van der Waals surface area contributed by atoms with E-state index in [-0.39, 0.29) is 0 Å². The van der Waals surface area contributed by atoms with E-state index >= 15 is 0 Å². The molecule has 0 N–H and O–H groups in total. The highest BCUT2D eigenvalue weighted by molar-refractivity contribution is 6.15. The van der Waals surface area contributed by atoms with Crippen molar-refractivity contribution >= 4 is 65.6 Å². The Bertz CT molecular complexity index is 2710. The van der Waals surface area contributed by atoms with E-state index in [0.29, 0.717) is 0 Å². The predicted molar refractivity (Wildman–Crippen MR) is 188 cm³/mol. The molecule has 210 valence electrons. The summed E-state index contributed by atoms with van der Waals surface area (Å²) in [6.07, 6.45) is 0. The number of hydrogen-bond acceptors (Lipinski definition) is 1. The van der Waals surface area contributed by atoms with E-state index in [2.05, 4.69) is 167 Å². The van der Waals surface area contributed by atoms with Crippen LogP contribution in [0.25, 0.3) is 88.1 Å². The zero-order valence-electron chi connectivity index (χ0n) is 24.3. The van der Waals surface area contributed by atoms with E-state index in [4.69, 9.17) is 4.42 Å². The topological polar surface area (TPSA) is 23.0 Å². The summed E-state index contributed by atoms with van der Waals surface area (Å²) in [4.78, 5) is 0. The molecule has 0 saturated carbocycles. The van der Waals surface area contributed by atoms with Crippen LogP contribution in [0.2, 0.25) is 0 Å². The van der Waals surface area contributed by atoms with Crippen molar-refractivity contribution in [3.63, 3.8) is 0 Å². The highest BCUT2D eigenvalue weighted by Crippen LogP contribution is 2.41. The Balaban J connectivity index is 1.22. The van der Waals surface area contributed by atoms with E-state index in [1.165, 1.54) is 60.4 Å². The highest BCUT2D eigenvalue weighted by atomic mass is 16.3. The van der Waals surface area contributed by atoms with Gasteiger partial charge < -0.3 is 13.6 Å². The molecule has 10 rings (SSSR count). The third-order valence-corrected chi connectivity index (χ3v) is 9.31. The van der Waals surface area contributed by atoms with Gasteiger partial charge in [-0.15, -0.1) is 0 Å². The number of rotatable bonds is 3. The molecule has 0 atom stereocenters. The Morgan fingerprint density at radius 3 is 1.62 bits per heavy atom. The maximum atomic E-state index is 6.47. The van der Waals surface area contributed by atoms with E-state index in [1.54, 1.807) is 0 Å². The molecule has 0 aliphatic carbocycles. The molecule has 3 nitrogen and oxygen atoms in total. The summed E-state index contributed by atoms with van der Waals surface area (Å²) in [6, 6.07) is 56.5. The van der Waals surface area contributed by atoms with Gasteiger partial charge in [-0.1, -0.05) is 91.0 Å². The molecule has 0 unspecified atom stereocenters. The van der Waals surface area contributed by atoms with Gasteiger partial charge in [-0.3, -0.25) is 0 Å². The molecule has 3 aromatic heterocycles. The second kappa shape index (κ2) is 9.22. The molecule has 3 heterocycles. The molecule has 0 aliphatic heterocycles. The first-order valence-electron chi connectivity index (χ1n) is 15.4. The monoisotopic (exact) mass is 574 g/mol. The van der Waals surface area contributed by atoms with Gasteiger partial charge in [0, 0.05) is 32.6 Å². The Kier molecular flexibility index (Phi) is 5.00. The molecule has 0 spiro atoms. The van der Waals surface area contributed by atoms with Gasteiger partial charge in [0.25, 0.3) is 0 Å². The molecule has 0 amide bonds. The molecular weight excluding hydrogens is 548 g/mol. The quantitative estimate of drug-likeness (QED) is 0.206. The molecule has 3 heteroatoms. The molecular formula is C42H26N2O. The van der Waals surface area contributed by atoms with Crippen molar-refractivity contribution in [2.75, 3.05) is 0 Å². The Hall–Kier alpha value is -6.06. The fourth-order valence-electron chi connectivity index (χ4n) is 7.36. The van der Waals surface area contributed by atoms with Gasteiger partial charge in [0.05, 0.1) is 33.1 Å². The fourth-order valence-corrected chi connectivity index (χ4v) is 7.36. The number of fused-ring (bicyclic) bond motifs is 9. The van der Waals surface area contributed by atoms with Crippen molar-refractivity contribution < 1.29 is 4.42 Å². The van der Waals surface area contributed by atoms with Gasteiger partial charge in [0.1, 0.15) is 11.2 Å². The summed E-state index contributed by atoms with van der Waals surface area (Å²) in [7, 11) is 0. The van der Waals surface area contributed by atoms with Crippen LogP contribution in [0, 0.1) is 0 Å². The summed E-state index contributed by atoms with van der Waals surface area (Å²) in [5, 5.41) is 7.24. The average molecular weight is 575 g/mol. The van der Waals surface area contributed by atoms with E-state index in [0.717, 1.165) is 27.6 Å². The number of hydrogen-bond donors (Lipinski definition) is 0. The van der Waals surface area contributed by atoms with Gasteiger partial charge in [0.15, 0.2) is 0 Å². The molecule has 0 aliphatic rings. The van der Waals surface area contributed by atoms with Crippen molar-refractivity contribution in [2.45, 2.75) is 0 Å². The summed E-state index contributed by atoms with van der Waals surface area (Å²) >= 11 is 0. The maximum absolute atomic E-state index is 6.47. The largest absolute Gasteiger partial charge is 0.456 e. The van der Waals surface area contributed by atoms with E-state index in [1.807, 2.05) is 0 Å². The molecule has 0 radical (unpaired) electrons. The lowest BCUT2D eigenvalue weighted by Gasteiger charge is -2.10. The first kappa shape index (κ1) is 24.4. The van der Waals surface area contributed by atoms with Gasteiger partial charge in [-0.05, 0) is 77.9 Å². The molecule has 7 aromatic carbocycles. The van der Waals surface area contributed by atoms with E-state index in [9.17, 15) is 0 Å². The first-order valence-corrected chi connectivity index (χ1v) is 15.4. The minimum absolute atomic E-state index is 0.892. The number of benzene rings is 7. The third kappa shape index (κ3) is 3.46. The lowest BCUT2D eigenvalue weighted by molar-refractivity contribution is 0.669. The maximum Gasteiger partial charge on any atom is 0.137 e. The van der Waals surface area contributed by atoms with Crippen LogP contribution in [0.15, 0.2) is 162 Å². The summed E-state index contributed by atoms with van der Waals surface area (Å²) in [6.45, 7) is 0. The lowest BCUT2D eigenvalue weighted by Crippen LogP contribution is -1.94. The lowest BCUT2D eigenvalue weighted by atomic mass is 10.00. The molecule has 10 aromatic rings. The second-order valence-corrected chi connectivity index (χ2v) is 11.8. The minimum atomic E-state index is 0.892. The van der Waals surface area contributed by atoms with Crippen molar-refractivity contribution in [3.05, 3.63) is 158 Å². The number of nitrogens with zero attached hydrogens (tertiary/aromatic N) is 2. The van der Waals surface area contributed by atoms with Crippen molar-refractivity contribution in [2.24, 2.45) is 0 Å². The SMILES string of the molecule is c1ccc(-n2c3ccccc3c3cc(-c4ccc5oc6cccc(-n7c8ccccc8c8ccccc87)c6c5c4)ccc32)cc1. The van der Waals surface area contributed by atoms with Crippen molar-refractivity contribution in [1.82, 2.24) is 9.13 Å². The number of para-hydroxylation sites is 4. The fraction of sp³-hybridized carbons (Fsp3) is 0. The highest BCUT2D eigenvalue weighted by Gasteiger charge is 2.18. The van der Waals surface area contributed by atoms with Gasteiger partial charge >= 0.3 is 0 Å².